The smallest absolute Gasteiger partial charge is 0.338 e. The Morgan fingerprint density at radius 2 is 1.78 bits per heavy atom. The maximum Gasteiger partial charge on any atom is 0.338 e. The van der Waals surface area contributed by atoms with Crippen LogP contribution in [0, 0.1) is 0 Å². The molecule has 0 bridgehead atoms. The van der Waals surface area contributed by atoms with Crippen molar-refractivity contribution in [2.75, 3.05) is 7.11 Å². The van der Waals surface area contributed by atoms with E-state index >= 15 is 0 Å². The Labute approximate surface area is 141 Å². The molecule has 0 unspecified atom stereocenters. The van der Waals surface area contributed by atoms with Crippen LogP contribution < -0.4 is 0 Å². The lowest BCUT2D eigenvalue weighted by atomic mass is 10.1. The van der Waals surface area contributed by atoms with Crippen molar-refractivity contribution in [1.29, 1.82) is 0 Å². The molecule has 3 aromatic rings. The Bertz CT molecular complexity index is 828. The van der Waals surface area contributed by atoms with Crippen molar-refractivity contribution in [2.45, 2.75) is 5.33 Å². The Morgan fingerprint density at radius 1 is 1.09 bits per heavy atom. The van der Waals surface area contributed by atoms with Crippen molar-refractivity contribution < 1.29 is 13.9 Å². The molecular weight excluding hydrogens is 360 g/mol. The predicted molar refractivity (Wildman–Crippen MR) is 89.1 cm³/mol. The van der Waals surface area contributed by atoms with Crippen LogP contribution in [-0.4, -0.2) is 23.3 Å². The van der Waals surface area contributed by atoms with E-state index in [1.165, 1.54) is 7.11 Å². The van der Waals surface area contributed by atoms with Crippen molar-refractivity contribution >= 4 is 21.9 Å². The Kier molecular flexibility index (Phi) is 4.52. The van der Waals surface area contributed by atoms with Crippen LogP contribution in [0.2, 0.25) is 0 Å². The van der Waals surface area contributed by atoms with E-state index in [1.54, 1.807) is 24.3 Å². The molecule has 0 radical (unpaired) electrons. The number of hydrogen-bond donors (Lipinski definition) is 0. The summed E-state index contributed by atoms with van der Waals surface area (Å²) in [5, 5.41) is 8.90. The monoisotopic (exact) mass is 372 g/mol. The van der Waals surface area contributed by atoms with E-state index in [9.17, 15) is 4.79 Å². The molecule has 3 rings (SSSR count). The van der Waals surface area contributed by atoms with Crippen molar-refractivity contribution in [3.05, 3.63) is 59.7 Å². The van der Waals surface area contributed by atoms with Crippen molar-refractivity contribution in [3.63, 3.8) is 0 Å². The van der Waals surface area contributed by atoms with Crippen LogP contribution in [0.5, 0.6) is 0 Å². The molecule has 5 nitrogen and oxygen atoms in total. The lowest BCUT2D eigenvalue weighted by molar-refractivity contribution is 0.0601. The summed E-state index contributed by atoms with van der Waals surface area (Å²) in [6.45, 7) is 0. The molecule has 23 heavy (non-hydrogen) atoms. The number of hydrogen-bond acceptors (Lipinski definition) is 5. The summed E-state index contributed by atoms with van der Waals surface area (Å²) < 4.78 is 10.5. The number of carbonyl (C=O) groups is 1. The van der Waals surface area contributed by atoms with E-state index < -0.39 is 5.97 Å². The molecule has 1 heterocycles. The van der Waals surface area contributed by atoms with Gasteiger partial charge in [-0.3, -0.25) is 0 Å². The molecule has 0 aliphatic rings. The van der Waals surface area contributed by atoms with Crippen LogP contribution in [0.25, 0.3) is 22.9 Å². The van der Waals surface area contributed by atoms with Crippen LogP contribution in [0.3, 0.4) is 0 Å². The van der Waals surface area contributed by atoms with E-state index in [0.717, 1.165) is 16.5 Å². The number of benzene rings is 2. The highest BCUT2D eigenvalue weighted by Crippen LogP contribution is 2.27. The zero-order valence-electron chi connectivity index (χ0n) is 12.3. The van der Waals surface area contributed by atoms with E-state index in [2.05, 4.69) is 26.1 Å². The molecular formula is C17H13BrN2O3. The quantitative estimate of drug-likeness (QED) is 0.509. The van der Waals surface area contributed by atoms with Gasteiger partial charge in [-0.1, -0.05) is 40.2 Å². The number of esters is 1. The number of methoxy groups -OCH3 is 1. The zero-order chi connectivity index (χ0) is 16.2. The van der Waals surface area contributed by atoms with Gasteiger partial charge in [0, 0.05) is 10.9 Å². The number of ether oxygens (including phenoxy) is 1. The maximum atomic E-state index is 11.8. The van der Waals surface area contributed by atoms with Gasteiger partial charge >= 0.3 is 5.97 Å². The van der Waals surface area contributed by atoms with Gasteiger partial charge in [0.05, 0.1) is 18.2 Å². The largest absolute Gasteiger partial charge is 0.465 e. The topological polar surface area (TPSA) is 65.2 Å². The number of carbonyl (C=O) groups excluding carboxylic acids is 1. The van der Waals surface area contributed by atoms with E-state index in [1.807, 2.05) is 24.3 Å². The first kappa shape index (κ1) is 15.4. The molecule has 116 valence electrons. The minimum absolute atomic E-state index is 0.283. The average molecular weight is 373 g/mol. The molecule has 6 heteroatoms. The number of nitrogens with zero attached hydrogens (tertiary/aromatic N) is 2. The second-order valence-corrected chi connectivity index (χ2v) is 5.34. The summed E-state index contributed by atoms with van der Waals surface area (Å²) in [4.78, 5) is 11.8. The number of halogens is 1. The molecule has 0 atom stereocenters. The predicted octanol–water partition coefficient (Wildman–Crippen LogP) is 4.09. The van der Waals surface area contributed by atoms with Crippen LogP contribution in [-0.2, 0) is 10.1 Å². The number of rotatable bonds is 4. The van der Waals surface area contributed by atoms with Crippen molar-refractivity contribution in [1.82, 2.24) is 10.2 Å². The first-order chi connectivity index (χ1) is 11.2. The SMILES string of the molecule is COC(=O)c1ccccc1-c1nnc(-c2ccc(CBr)cc2)o1. The van der Waals surface area contributed by atoms with Gasteiger partial charge in [0.25, 0.3) is 0 Å². The van der Waals surface area contributed by atoms with Gasteiger partial charge in [-0.05, 0) is 29.8 Å². The van der Waals surface area contributed by atoms with Crippen LogP contribution >= 0.6 is 15.9 Å². The maximum absolute atomic E-state index is 11.8. The van der Waals surface area contributed by atoms with Crippen LogP contribution in [0.1, 0.15) is 15.9 Å². The standard InChI is InChI=1S/C17H13BrN2O3/c1-22-17(21)14-5-3-2-4-13(14)16-20-19-15(23-16)12-8-6-11(10-18)7-9-12/h2-9H,10H2,1H3. The minimum atomic E-state index is -0.443. The molecule has 0 aliphatic heterocycles. The van der Waals surface area contributed by atoms with Gasteiger partial charge in [-0.25, -0.2) is 4.79 Å². The van der Waals surface area contributed by atoms with Gasteiger partial charge in [-0.2, -0.15) is 0 Å². The molecule has 1 aromatic heterocycles. The third-order valence-electron chi connectivity index (χ3n) is 3.34. The summed E-state index contributed by atoms with van der Waals surface area (Å²) in [5.41, 5.74) is 2.92. The van der Waals surface area contributed by atoms with E-state index in [-0.39, 0.29) is 5.89 Å². The molecule has 2 aromatic carbocycles. The minimum Gasteiger partial charge on any atom is -0.465 e. The third-order valence-corrected chi connectivity index (χ3v) is 3.99. The molecule has 0 N–H and O–H groups in total. The van der Waals surface area contributed by atoms with Gasteiger partial charge in [0.15, 0.2) is 0 Å². The van der Waals surface area contributed by atoms with Crippen LogP contribution in [0.4, 0.5) is 0 Å². The normalized spacial score (nSPS) is 10.5. The summed E-state index contributed by atoms with van der Waals surface area (Å²) in [6, 6.07) is 14.8. The lowest BCUT2D eigenvalue weighted by Gasteiger charge is -2.03. The van der Waals surface area contributed by atoms with E-state index in [0.29, 0.717) is 17.0 Å². The van der Waals surface area contributed by atoms with Gasteiger partial charge < -0.3 is 9.15 Å². The average Bonchev–Trinajstić information content (AvgIpc) is 3.11. The lowest BCUT2D eigenvalue weighted by Crippen LogP contribution is -2.03. The Balaban J connectivity index is 1.97. The highest BCUT2D eigenvalue weighted by molar-refractivity contribution is 9.08. The summed E-state index contributed by atoms with van der Waals surface area (Å²) in [5.74, 6) is 0.244. The fraction of sp³-hybridized carbons (Fsp3) is 0.118. The third kappa shape index (κ3) is 3.17. The number of alkyl halides is 1. The van der Waals surface area contributed by atoms with Crippen molar-refractivity contribution in [3.8, 4) is 22.9 Å². The molecule has 0 amide bonds. The zero-order valence-corrected chi connectivity index (χ0v) is 13.9. The highest BCUT2D eigenvalue weighted by Gasteiger charge is 2.18. The second kappa shape index (κ2) is 6.75. The fourth-order valence-electron chi connectivity index (χ4n) is 2.14. The van der Waals surface area contributed by atoms with Gasteiger partial charge in [0.2, 0.25) is 11.8 Å². The first-order valence-corrected chi connectivity index (χ1v) is 8.01. The molecule has 0 saturated carbocycles. The summed E-state index contributed by atoms with van der Waals surface area (Å²) >= 11 is 3.41. The summed E-state index contributed by atoms with van der Waals surface area (Å²) in [7, 11) is 1.34. The number of aromatic nitrogens is 2. The second-order valence-electron chi connectivity index (χ2n) is 4.78. The highest BCUT2D eigenvalue weighted by atomic mass is 79.9. The molecule has 0 spiro atoms. The molecule has 0 aliphatic carbocycles. The van der Waals surface area contributed by atoms with Crippen molar-refractivity contribution in [2.24, 2.45) is 0 Å². The fourth-order valence-corrected chi connectivity index (χ4v) is 2.52. The molecule has 0 saturated heterocycles. The Morgan fingerprint density at radius 3 is 2.48 bits per heavy atom. The van der Waals surface area contributed by atoms with Crippen LogP contribution in [0.15, 0.2) is 52.9 Å². The van der Waals surface area contributed by atoms with E-state index in [4.69, 9.17) is 9.15 Å². The summed E-state index contributed by atoms with van der Waals surface area (Å²) in [6.07, 6.45) is 0. The first-order valence-electron chi connectivity index (χ1n) is 6.89. The molecule has 0 fully saturated rings. The Hall–Kier alpha value is -2.47. The van der Waals surface area contributed by atoms with Gasteiger partial charge in [0.1, 0.15) is 0 Å². The van der Waals surface area contributed by atoms with Gasteiger partial charge in [-0.15, -0.1) is 10.2 Å².